The molecule has 1 fully saturated rings. The highest BCUT2D eigenvalue weighted by Gasteiger charge is 2.30. The molecule has 3 unspecified atom stereocenters. The van der Waals surface area contributed by atoms with Crippen molar-refractivity contribution in [3.05, 3.63) is 35.1 Å². The van der Waals surface area contributed by atoms with E-state index in [0.29, 0.717) is 18.5 Å². The Kier molecular flexibility index (Phi) is 4.73. The van der Waals surface area contributed by atoms with Crippen molar-refractivity contribution >= 4 is 5.97 Å². The lowest BCUT2D eigenvalue weighted by Crippen LogP contribution is -2.30. The number of carboxylic acids is 1. The molecule has 0 aromatic heterocycles. The lowest BCUT2D eigenvalue weighted by molar-refractivity contribution is -0.149. The first-order chi connectivity index (χ1) is 9.47. The van der Waals surface area contributed by atoms with Gasteiger partial charge >= 0.3 is 5.97 Å². The van der Waals surface area contributed by atoms with Crippen molar-refractivity contribution in [3.8, 4) is 0 Å². The van der Waals surface area contributed by atoms with E-state index in [0.717, 1.165) is 12.0 Å². The fourth-order valence-corrected chi connectivity index (χ4v) is 2.34. The lowest BCUT2D eigenvalue weighted by atomic mass is 10.1. The van der Waals surface area contributed by atoms with Gasteiger partial charge in [-0.25, -0.2) is 9.18 Å². The van der Waals surface area contributed by atoms with E-state index in [2.05, 4.69) is 5.32 Å². The summed E-state index contributed by atoms with van der Waals surface area (Å²) in [5, 5.41) is 12.1. The first-order valence-electron chi connectivity index (χ1n) is 6.85. The highest BCUT2D eigenvalue weighted by molar-refractivity contribution is 5.72. The Hall–Kier alpha value is -1.46. The zero-order valence-corrected chi connectivity index (χ0v) is 11.7. The van der Waals surface area contributed by atoms with Crippen LogP contribution >= 0.6 is 0 Å². The first-order valence-corrected chi connectivity index (χ1v) is 6.85. The van der Waals surface area contributed by atoms with E-state index in [4.69, 9.17) is 9.84 Å². The molecule has 0 amide bonds. The number of ether oxygens (including phenoxy) is 1. The molecule has 0 aliphatic carbocycles. The van der Waals surface area contributed by atoms with Gasteiger partial charge in [-0.2, -0.15) is 0 Å². The molecule has 1 aliphatic rings. The summed E-state index contributed by atoms with van der Waals surface area (Å²) in [6.07, 6.45) is 0.511. The highest BCUT2D eigenvalue weighted by atomic mass is 19.1. The molecule has 0 bridgehead atoms. The topological polar surface area (TPSA) is 58.6 Å². The minimum absolute atomic E-state index is 0.00224. The molecule has 20 heavy (non-hydrogen) atoms. The monoisotopic (exact) mass is 281 g/mol. The maximum atomic E-state index is 13.5. The van der Waals surface area contributed by atoms with Crippen LogP contribution in [0.25, 0.3) is 0 Å². The zero-order chi connectivity index (χ0) is 14.7. The molecular weight excluding hydrogens is 261 g/mol. The zero-order valence-electron chi connectivity index (χ0n) is 11.7. The number of carbonyl (C=O) groups is 1. The molecule has 5 heteroatoms. The van der Waals surface area contributed by atoms with E-state index in [1.165, 1.54) is 6.07 Å². The smallest absolute Gasteiger partial charge is 0.332 e. The van der Waals surface area contributed by atoms with Gasteiger partial charge in [-0.15, -0.1) is 0 Å². The van der Waals surface area contributed by atoms with Gasteiger partial charge in [0, 0.05) is 12.6 Å². The van der Waals surface area contributed by atoms with Crippen LogP contribution in [0.3, 0.4) is 0 Å². The molecule has 0 spiro atoms. The summed E-state index contributed by atoms with van der Waals surface area (Å²) in [4.78, 5) is 10.8. The number of nitrogens with one attached hydrogen (secondary N) is 1. The average molecular weight is 281 g/mol. The van der Waals surface area contributed by atoms with Crippen molar-refractivity contribution in [2.24, 2.45) is 0 Å². The van der Waals surface area contributed by atoms with Gasteiger partial charge in [0.2, 0.25) is 0 Å². The van der Waals surface area contributed by atoms with Gasteiger partial charge in [-0.05, 0) is 43.9 Å². The lowest BCUT2D eigenvalue weighted by Gasteiger charge is -2.18. The number of halogens is 1. The summed E-state index contributed by atoms with van der Waals surface area (Å²) in [5.41, 5.74) is 1.50. The van der Waals surface area contributed by atoms with Gasteiger partial charge in [0.15, 0.2) is 6.10 Å². The second-order valence-electron chi connectivity index (χ2n) is 5.30. The molecule has 1 heterocycles. The van der Waals surface area contributed by atoms with E-state index in [1.54, 1.807) is 13.0 Å². The van der Waals surface area contributed by atoms with Crippen molar-refractivity contribution in [3.63, 3.8) is 0 Å². The summed E-state index contributed by atoms with van der Waals surface area (Å²) < 4.78 is 18.9. The molecule has 3 atom stereocenters. The van der Waals surface area contributed by atoms with Crippen LogP contribution in [0.4, 0.5) is 4.39 Å². The van der Waals surface area contributed by atoms with E-state index in [9.17, 15) is 9.18 Å². The third-order valence-electron chi connectivity index (χ3n) is 3.73. The Morgan fingerprint density at radius 1 is 1.55 bits per heavy atom. The van der Waals surface area contributed by atoms with Gasteiger partial charge in [0.25, 0.3) is 0 Å². The molecule has 2 rings (SSSR count). The highest BCUT2D eigenvalue weighted by Crippen LogP contribution is 2.21. The van der Waals surface area contributed by atoms with Crippen molar-refractivity contribution in [2.75, 3.05) is 6.54 Å². The minimum atomic E-state index is -0.902. The number of hydrogen-bond donors (Lipinski definition) is 2. The van der Waals surface area contributed by atoms with E-state index < -0.39 is 12.1 Å². The summed E-state index contributed by atoms with van der Waals surface area (Å²) >= 11 is 0. The van der Waals surface area contributed by atoms with E-state index >= 15 is 0 Å². The van der Waals surface area contributed by atoms with Crippen LogP contribution in [0.2, 0.25) is 0 Å². The fourth-order valence-electron chi connectivity index (χ4n) is 2.34. The number of carboxylic acid groups (broad SMARTS) is 1. The van der Waals surface area contributed by atoms with Gasteiger partial charge in [-0.1, -0.05) is 12.1 Å². The van der Waals surface area contributed by atoms with Crippen LogP contribution < -0.4 is 5.32 Å². The van der Waals surface area contributed by atoms with Crippen molar-refractivity contribution in [2.45, 2.75) is 44.9 Å². The second-order valence-corrected chi connectivity index (χ2v) is 5.30. The Bertz CT molecular complexity index is 492. The Labute approximate surface area is 117 Å². The largest absolute Gasteiger partial charge is 0.479 e. The minimum Gasteiger partial charge on any atom is -0.479 e. The number of hydrogen-bond acceptors (Lipinski definition) is 3. The molecule has 4 nitrogen and oxygen atoms in total. The van der Waals surface area contributed by atoms with Gasteiger partial charge in [0.05, 0.1) is 6.10 Å². The number of benzene rings is 1. The first kappa shape index (κ1) is 14.9. The number of aliphatic carboxylic acids is 1. The summed E-state index contributed by atoms with van der Waals surface area (Å²) in [6.45, 7) is 4.25. The van der Waals surface area contributed by atoms with Crippen LogP contribution in [0.15, 0.2) is 18.2 Å². The SMILES string of the molecule is Cc1ccc(C(C)NCC2CCC(C(=O)O)O2)cc1F. The van der Waals surface area contributed by atoms with Crippen LogP contribution in [-0.4, -0.2) is 29.8 Å². The van der Waals surface area contributed by atoms with Crippen LogP contribution in [0.1, 0.15) is 36.9 Å². The normalized spacial score (nSPS) is 23.8. The van der Waals surface area contributed by atoms with E-state index in [1.807, 2.05) is 13.0 Å². The van der Waals surface area contributed by atoms with Crippen LogP contribution in [-0.2, 0) is 9.53 Å². The molecule has 1 aliphatic heterocycles. The summed E-state index contributed by atoms with van der Waals surface area (Å²) in [7, 11) is 0. The Balaban J connectivity index is 1.85. The van der Waals surface area contributed by atoms with Crippen molar-refractivity contribution < 1.29 is 19.0 Å². The Morgan fingerprint density at radius 3 is 2.90 bits per heavy atom. The molecule has 1 aromatic carbocycles. The van der Waals surface area contributed by atoms with E-state index in [-0.39, 0.29) is 18.0 Å². The van der Waals surface area contributed by atoms with Crippen LogP contribution in [0.5, 0.6) is 0 Å². The molecule has 0 radical (unpaired) electrons. The standard InChI is InChI=1S/C15H20FNO3/c1-9-3-4-11(7-13(9)16)10(2)17-8-12-5-6-14(20-12)15(18)19/h3-4,7,10,12,14,17H,5-6,8H2,1-2H3,(H,18,19). The molecule has 1 aromatic rings. The second kappa shape index (κ2) is 6.33. The quantitative estimate of drug-likeness (QED) is 0.870. The van der Waals surface area contributed by atoms with Crippen molar-refractivity contribution in [1.29, 1.82) is 0 Å². The maximum absolute atomic E-state index is 13.5. The summed E-state index contributed by atoms with van der Waals surface area (Å²) in [6, 6.07) is 5.18. The molecular formula is C15H20FNO3. The predicted molar refractivity (Wildman–Crippen MR) is 73.1 cm³/mol. The molecule has 1 saturated heterocycles. The summed E-state index contributed by atoms with van der Waals surface area (Å²) in [5.74, 6) is -1.11. The van der Waals surface area contributed by atoms with Gasteiger partial charge in [-0.3, -0.25) is 0 Å². The molecule has 2 N–H and O–H groups in total. The van der Waals surface area contributed by atoms with Gasteiger partial charge < -0.3 is 15.2 Å². The molecule has 110 valence electrons. The van der Waals surface area contributed by atoms with Crippen molar-refractivity contribution in [1.82, 2.24) is 5.32 Å². The third-order valence-corrected chi connectivity index (χ3v) is 3.73. The van der Waals surface area contributed by atoms with Crippen LogP contribution in [0, 0.1) is 12.7 Å². The van der Waals surface area contributed by atoms with Gasteiger partial charge in [0.1, 0.15) is 5.82 Å². The Morgan fingerprint density at radius 2 is 2.30 bits per heavy atom. The number of aryl methyl sites for hydroxylation is 1. The number of rotatable bonds is 5. The predicted octanol–water partition coefficient (Wildman–Crippen LogP) is 2.42. The fraction of sp³-hybridized carbons (Fsp3) is 0.533. The third kappa shape index (κ3) is 3.55. The average Bonchev–Trinajstić information content (AvgIpc) is 2.88. The maximum Gasteiger partial charge on any atom is 0.332 e. The molecule has 0 saturated carbocycles.